The first kappa shape index (κ1) is 28.6. The molecule has 2 heterocycles. The summed E-state index contributed by atoms with van der Waals surface area (Å²) in [4.78, 5) is 2.43. The van der Waals surface area contributed by atoms with Crippen LogP contribution in [0.15, 0.2) is 163 Å². The van der Waals surface area contributed by atoms with Gasteiger partial charge in [-0.2, -0.15) is 10.5 Å². The van der Waals surface area contributed by atoms with E-state index in [4.69, 9.17) is 0 Å². The van der Waals surface area contributed by atoms with Gasteiger partial charge in [-0.05, 0) is 77.7 Å². The van der Waals surface area contributed by atoms with Crippen molar-refractivity contribution in [2.45, 2.75) is 18.4 Å². The maximum atomic E-state index is 10.2. The topological polar surface area (TPSA) is 55.8 Å². The third-order valence-electron chi connectivity index (χ3n) is 10.1. The molecule has 0 fully saturated rings. The van der Waals surface area contributed by atoms with Gasteiger partial charge in [0, 0.05) is 56.5 Å². The van der Waals surface area contributed by atoms with Gasteiger partial charge < -0.3 is 9.47 Å². The second kappa shape index (κ2) is 11.6. The van der Waals surface area contributed by atoms with Crippen molar-refractivity contribution in [3.63, 3.8) is 0 Å². The number of fused-ring (bicyclic) bond motifs is 6. The molecule has 1 aliphatic heterocycles. The van der Waals surface area contributed by atoms with Crippen molar-refractivity contribution in [1.29, 1.82) is 10.5 Å². The van der Waals surface area contributed by atoms with Gasteiger partial charge >= 0.3 is 0 Å². The fraction of sp³-hybridized carbons (Fsp3) is 0.0667. The molecule has 1 aromatic heterocycles. The van der Waals surface area contributed by atoms with Crippen LogP contribution < -0.4 is 4.90 Å². The van der Waals surface area contributed by atoms with Gasteiger partial charge in [0.25, 0.3) is 0 Å². The normalized spacial score (nSPS) is 16.4. The Morgan fingerprint density at radius 1 is 0.592 bits per heavy atom. The lowest BCUT2D eigenvalue weighted by molar-refractivity contribution is 0.631. The minimum atomic E-state index is -0.00571. The third kappa shape index (κ3) is 4.50. The van der Waals surface area contributed by atoms with Crippen molar-refractivity contribution in [3.8, 4) is 40.1 Å². The highest BCUT2D eigenvalue weighted by atomic mass is 15.2. The fourth-order valence-electron chi connectivity index (χ4n) is 8.00. The van der Waals surface area contributed by atoms with Gasteiger partial charge in [-0.3, -0.25) is 0 Å². The summed E-state index contributed by atoms with van der Waals surface area (Å²) < 4.78 is 2.31. The van der Waals surface area contributed by atoms with Crippen LogP contribution in [0.2, 0.25) is 0 Å². The second-order valence-corrected chi connectivity index (χ2v) is 12.7. The molecular weight excluding hydrogens is 597 g/mol. The van der Waals surface area contributed by atoms with Crippen LogP contribution in [-0.4, -0.2) is 10.6 Å². The molecule has 2 unspecified atom stereocenters. The van der Waals surface area contributed by atoms with Crippen LogP contribution in [0.4, 0.5) is 11.4 Å². The molecule has 0 saturated carbocycles. The molecule has 7 aromatic rings. The lowest BCUT2D eigenvalue weighted by Crippen LogP contribution is -2.30. The van der Waals surface area contributed by atoms with Gasteiger partial charge in [0.05, 0.1) is 28.7 Å². The molecule has 230 valence electrons. The first-order valence-electron chi connectivity index (χ1n) is 16.6. The second-order valence-electron chi connectivity index (χ2n) is 12.7. The Hall–Kier alpha value is -6.62. The maximum Gasteiger partial charge on any atom is 0.0998 e. The summed E-state index contributed by atoms with van der Waals surface area (Å²) in [5, 5.41) is 22.8. The zero-order chi connectivity index (χ0) is 32.9. The first-order chi connectivity index (χ1) is 24.2. The van der Waals surface area contributed by atoms with Gasteiger partial charge in [-0.15, -0.1) is 0 Å². The Kier molecular flexibility index (Phi) is 6.75. The van der Waals surface area contributed by atoms with Crippen molar-refractivity contribution < 1.29 is 0 Å². The van der Waals surface area contributed by atoms with E-state index < -0.39 is 0 Å². The molecule has 9 rings (SSSR count). The molecular formula is C45H30N4. The summed E-state index contributed by atoms with van der Waals surface area (Å²) in [7, 11) is 0. The molecule has 0 spiro atoms. The highest BCUT2D eigenvalue weighted by molar-refractivity contribution is 6.09. The predicted molar refractivity (Wildman–Crippen MR) is 199 cm³/mol. The number of hydrogen-bond acceptors (Lipinski definition) is 3. The lowest BCUT2D eigenvalue weighted by atomic mass is 9.87. The average Bonchev–Trinajstić information content (AvgIpc) is 3.58. The molecule has 0 radical (unpaired) electrons. The molecule has 2 aliphatic rings. The fourth-order valence-corrected chi connectivity index (χ4v) is 8.00. The molecule has 2 atom stereocenters. The van der Waals surface area contributed by atoms with Crippen LogP contribution in [-0.2, 0) is 0 Å². The standard InChI is InChI=1S/C45H30N4/c46-28-32-22-21-31(27-39(32)30-23-25-34(26-24-30)48-41-17-8-3-13-36(41)37-14-4-9-18-42(37)48)35-12-2-7-16-40(35)49-43-19-10-5-15-38(43)45-33(29-47)11-1-6-20-44(45)49/h1-19,21-27,44-45H,20H2. The SMILES string of the molecule is N#CC1=CC=CCC2C1c1ccccc1N2c1ccccc1-c1ccc(C#N)c(-c2ccc(-n3c4ccccc4c4ccccc43)cc2)c1. The summed E-state index contributed by atoms with van der Waals surface area (Å²) in [5.41, 5.74) is 12.3. The van der Waals surface area contributed by atoms with Crippen LogP contribution in [0.5, 0.6) is 0 Å². The minimum Gasteiger partial charge on any atom is -0.336 e. The third-order valence-corrected chi connectivity index (χ3v) is 10.1. The largest absolute Gasteiger partial charge is 0.336 e. The zero-order valence-electron chi connectivity index (χ0n) is 26.7. The lowest BCUT2D eigenvalue weighted by Gasteiger charge is -2.31. The number of para-hydroxylation sites is 4. The van der Waals surface area contributed by atoms with E-state index in [1.807, 2.05) is 18.2 Å². The van der Waals surface area contributed by atoms with Crippen LogP contribution in [0.1, 0.15) is 23.5 Å². The number of nitriles is 2. The summed E-state index contributed by atoms with van der Waals surface area (Å²) >= 11 is 0. The molecule has 4 nitrogen and oxygen atoms in total. The van der Waals surface area contributed by atoms with E-state index in [0.29, 0.717) is 5.56 Å². The van der Waals surface area contributed by atoms with E-state index >= 15 is 0 Å². The number of hydrogen-bond donors (Lipinski definition) is 0. The first-order valence-corrected chi connectivity index (χ1v) is 16.6. The molecule has 0 amide bonds. The zero-order valence-corrected chi connectivity index (χ0v) is 26.7. The number of rotatable bonds is 4. The molecule has 0 N–H and O–H groups in total. The minimum absolute atomic E-state index is 0.00571. The molecule has 0 saturated heterocycles. The monoisotopic (exact) mass is 626 g/mol. The Morgan fingerprint density at radius 2 is 1.24 bits per heavy atom. The van der Waals surface area contributed by atoms with Gasteiger partial charge in [0.15, 0.2) is 0 Å². The molecule has 49 heavy (non-hydrogen) atoms. The van der Waals surface area contributed by atoms with Crippen molar-refractivity contribution in [2.24, 2.45) is 0 Å². The van der Waals surface area contributed by atoms with E-state index in [-0.39, 0.29) is 12.0 Å². The highest BCUT2D eigenvalue weighted by Crippen LogP contribution is 2.52. The summed E-state index contributed by atoms with van der Waals surface area (Å²) in [6.07, 6.45) is 6.98. The Balaban J connectivity index is 1.15. The summed E-state index contributed by atoms with van der Waals surface area (Å²) in [5.74, 6) is -0.00571. The van der Waals surface area contributed by atoms with Gasteiger partial charge in [-0.1, -0.05) is 103 Å². The van der Waals surface area contributed by atoms with Crippen LogP contribution >= 0.6 is 0 Å². The van der Waals surface area contributed by atoms with Gasteiger partial charge in [0.1, 0.15) is 0 Å². The maximum absolute atomic E-state index is 10.2. The quantitative estimate of drug-likeness (QED) is 0.195. The van der Waals surface area contributed by atoms with E-state index in [2.05, 4.69) is 161 Å². The summed E-state index contributed by atoms with van der Waals surface area (Å²) in [6.45, 7) is 0. The van der Waals surface area contributed by atoms with Crippen LogP contribution in [0, 0.1) is 22.7 Å². The predicted octanol–water partition coefficient (Wildman–Crippen LogP) is 11.0. The van der Waals surface area contributed by atoms with Gasteiger partial charge in [-0.25, -0.2) is 0 Å². The molecule has 1 aliphatic carbocycles. The molecule has 6 aromatic carbocycles. The number of aromatic nitrogens is 1. The van der Waals surface area contributed by atoms with Crippen molar-refractivity contribution >= 4 is 33.2 Å². The van der Waals surface area contributed by atoms with Crippen LogP contribution in [0.25, 0.3) is 49.7 Å². The number of anilines is 2. The van der Waals surface area contributed by atoms with Crippen molar-refractivity contribution in [1.82, 2.24) is 4.57 Å². The van der Waals surface area contributed by atoms with E-state index in [0.717, 1.165) is 51.3 Å². The number of benzene rings is 6. The number of nitrogens with zero attached hydrogens (tertiary/aromatic N) is 4. The van der Waals surface area contributed by atoms with E-state index in [9.17, 15) is 10.5 Å². The molecule has 4 heteroatoms. The Bertz CT molecular complexity index is 2520. The Morgan fingerprint density at radius 3 is 1.98 bits per heavy atom. The molecule has 0 bridgehead atoms. The highest BCUT2D eigenvalue weighted by Gasteiger charge is 2.41. The summed E-state index contributed by atoms with van der Waals surface area (Å²) in [6, 6.07) is 53.7. The number of allylic oxidation sites excluding steroid dienone is 2. The van der Waals surface area contributed by atoms with E-state index in [1.54, 1.807) is 0 Å². The van der Waals surface area contributed by atoms with Gasteiger partial charge in [0.2, 0.25) is 0 Å². The van der Waals surface area contributed by atoms with Crippen LogP contribution in [0.3, 0.4) is 0 Å². The van der Waals surface area contributed by atoms with E-state index in [1.165, 1.54) is 27.4 Å². The average molecular weight is 627 g/mol. The van der Waals surface area contributed by atoms with Crippen molar-refractivity contribution in [3.05, 3.63) is 174 Å². The smallest absolute Gasteiger partial charge is 0.0998 e. The van der Waals surface area contributed by atoms with Crippen molar-refractivity contribution in [2.75, 3.05) is 4.90 Å². The Labute approximate surface area is 285 Å².